The summed E-state index contributed by atoms with van der Waals surface area (Å²) in [6.07, 6.45) is 0.195. The Morgan fingerprint density at radius 3 is 2.36 bits per heavy atom. The van der Waals surface area contributed by atoms with Crippen molar-refractivity contribution in [1.82, 2.24) is 4.31 Å². The Morgan fingerprint density at radius 1 is 1.15 bits per heavy atom. The number of sulfonamides is 1. The van der Waals surface area contributed by atoms with E-state index in [0.29, 0.717) is 21.9 Å². The molecule has 2 aromatic carbocycles. The number of hydrogen-bond acceptors (Lipinski definition) is 6. The van der Waals surface area contributed by atoms with Gasteiger partial charge in [-0.15, -0.1) is 11.3 Å². The third-order valence-corrected chi connectivity index (χ3v) is 8.67. The molecule has 0 bridgehead atoms. The van der Waals surface area contributed by atoms with Gasteiger partial charge in [-0.25, -0.2) is 8.42 Å². The highest BCUT2D eigenvalue weighted by Gasteiger charge is 2.43. The molecule has 0 fully saturated rings. The summed E-state index contributed by atoms with van der Waals surface area (Å²) in [5.74, 6) is -0.739. The molecule has 0 saturated carbocycles. The monoisotopic (exact) mass is 486 g/mol. The molecule has 0 saturated heterocycles. The molecule has 3 aromatic rings. The minimum absolute atomic E-state index is 0.0587. The highest BCUT2D eigenvalue weighted by Crippen LogP contribution is 2.42. The topological polar surface area (TPSA) is 113 Å². The maximum Gasteiger partial charge on any atom is 0.322 e. The van der Waals surface area contributed by atoms with Gasteiger partial charge in [0.15, 0.2) is 0 Å². The van der Waals surface area contributed by atoms with E-state index in [1.807, 2.05) is 0 Å². The van der Waals surface area contributed by atoms with Gasteiger partial charge in [0.05, 0.1) is 18.6 Å². The van der Waals surface area contributed by atoms with Crippen LogP contribution in [0.15, 0.2) is 59.5 Å². The molecule has 0 aliphatic carbocycles. The average Bonchev–Trinajstić information content (AvgIpc) is 3.33. The van der Waals surface area contributed by atoms with Gasteiger partial charge in [0.2, 0.25) is 10.0 Å². The number of fused-ring (bicyclic) bond motifs is 1. The SMILES string of the molecule is CCC(C(=O)O)N1Cc2sc(-c3ccc(NC(=O)c4ccc(OC)cc4)cc3)cc2S1(=O)=O. The molecule has 1 amide bonds. The fourth-order valence-corrected chi connectivity index (χ4v) is 7.08. The summed E-state index contributed by atoms with van der Waals surface area (Å²) in [7, 11) is -2.29. The van der Waals surface area contributed by atoms with E-state index in [1.165, 1.54) is 11.3 Å². The number of carboxylic acid groups (broad SMARTS) is 1. The van der Waals surface area contributed by atoms with Crippen molar-refractivity contribution in [3.63, 3.8) is 0 Å². The lowest BCUT2D eigenvalue weighted by atomic mass is 10.1. The second kappa shape index (κ2) is 8.97. The summed E-state index contributed by atoms with van der Waals surface area (Å²) in [5.41, 5.74) is 1.91. The summed E-state index contributed by atoms with van der Waals surface area (Å²) in [5, 5.41) is 12.2. The first kappa shape index (κ1) is 23.0. The minimum Gasteiger partial charge on any atom is -0.497 e. The Hall–Kier alpha value is -3.21. The summed E-state index contributed by atoms with van der Waals surface area (Å²) in [4.78, 5) is 25.4. The number of benzene rings is 2. The molecule has 2 N–H and O–H groups in total. The lowest BCUT2D eigenvalue weighted by Gasteiger charge is -2.21. The number of nitrogens with one attached hydrogen (secondary N) is 1. The van der Waals surface area contributed by atoms with Crippen molar-refractivity contribution in [3.8, 4) is 16.2 Å². The molecule has 1 aromatic heterocycles. The number of carboxylic acids is 1. The van der Waals surface area contributed by atoms with Crippen molar-refractivity contribution in [2.24, 2.45) is 0 Å². The molecule has 8 nitrogen and oxygen atoms in total. The molecule has 1 atom stereocenters. The van der Waals surface area contributed by atoms with E-state index in [0.717, 1.165) is 14.7 Å². The first-order chi connectivity index (χ1) is 15.7. The third-order valence-electron chi connectivity index (χ3n) is 5.46. The van der Waals surface area contributed by atoms with Crippen LogP contribution < -0.4 is 10.1 Å². The van der Waals surface area contributed by atoms with Crippen LogP contribution >= 0.6 is 11.3 Å². The number of hydrogen-bond donors (Lipinski definition) is 2. The summed E-state index contributed by atoms with van der Waals surface area (Å²) in [6.45, 7) is 1.71. The van der Waals surface area contributed by atoms with Crippen LogP contribution in [0.5, 0.6) is 5.75 Å². The maximum absolute atomic E-state index is 12.9. The lowest BCUT2D eigenvalue weighted by molar-refractivity contribution is -0.141. The van der Waals surface area contributed by atoms with E-state index < -0.39 is 22.0 Å². The largest absolute Gasteiger partial charge is 0.497 e. The van der Waals surface area contributed by atoms with Gasteiger partial charge in [0, 0.05) is 21.0 Å². The van der Waals surface area contributed by atoms with E-state index in [4.69, 9.17) is 4.74 Å². The van der Waals surface area contributed by atoms with Crippen LogP contribution in [0.2, 0.25) is 0 Å². The second-order valence-corrected chi connectivity index (χ2v) is 10.5. The second-order valence-electron chi connectivity index (χ2n) is 7.47. The lowest BCUT2D eigenvalue weighted by Crippen LogP contribution is -2.40. The zero-order valence-corrected chi connectivity index (χ0v) is 19.6. The predicted molar refractivity (Wildman–Crippen MR) is 125 cm³/mol. The number of nitrogens with zero attached hydrogens (tertiary/aromatic N) is 1. The number of amides is 1. The highest BCUT2D eigenvalue weighted by atomic mass is 32.2. The molecule has 1 unspecified atom stereocenters. The van der Waals surface area contributed by atoms with Crippen molar-refractivity contribution in [2.75, 3.05) is 12.4 Å². The number of carbonyl (C=O) groups excluding carboxylic acids is 1. The zero-order chi connectivity index (χ0) is 23.8. The normalized spacial score (nSPS) is 15.6. The van der Waals surface area contributed by atoms with Crippen LogP contribution in [0.4, 0.5) is 5.69 Å². The van der Waals surface area contributed by atoms with Crippen LogP contribution in [-0.4, -0.2) is 42.9 Å². The molecule has 0 radical (unpaired) electrons. The number of thiophene rings is 1. The number of methoxy groups -OCH3 is 1. The van der Waals surface area contributed by atoms with Crippen molar-refractivity contribution in [2.45, 2.75) is 30.8 Å². The van der Waals surface area contributed by atoms with Gasteiger partial charge in [-0.3, -0.25) is 9.59 Å². The van der Waals surface area contributed by atoms with Gasteiger partial charge < -0.3 is 15.2 Å². The Bertz CT molecular complexity index is 1300. The van der Waals surface area contributed by atoms with Crippen LogP contribution in [0.25, 0.3) is 10.4 Å². The van der Waals surface area contributed by atoms with E-state index >= 15 is 0 Å². The van der Waals surface area contributed by atoms with Gasteiger partial charge in [-0.2, -0.15) is 4.31 Å². The molecule has 2 heterocycles. The first-order valence-corrected chi connectivity index (χ1v) is 12.4. The van der Waals surface area contributed by atoms with Crippen LogP contribution in [0, 0.1) is 0 Å². The van der Waals surface area contributed by atoms with E-state index in [2.05, 4.69) is 5.32 Å². The van der Waals surface area contributed by atoms with Crippen LogP contribution in [0.1, 0.15) is 28.6 Å². The summed E-state index contributed by atoms with van der Waals surface area (Å²) >= 11 is 1.33. The number of carbonyl (C=O) groups is 2. The summed E-state index contributed by atoms with van der Waals surface area (Å²) in [6, 6.07) is 14.4. The standard InChI is InChI=1S/C23H22N2O6S2/c1-3-18(23(27)28)25-13-20-21(33(25,29)30)12-19(32-20)14-4-8-16(9-5-14)24-22(26)15-6-10-17(31-2)11-7-15/h4-12,18H,3,13H2,1-2H3,(H,24,26)(H,27,28). The van der Waals surface area contributed by atoms with Crippen molar-refractivity contribution >= 4 is 38.9 Å². The maximum atomic E-state index is 12.9. The highest BCUT2D eigenvalue weighted by molar-refractivity contribution is 7.89. The van der Waals surface area contributed by atoms with Crippen LogP contribution in [0.3, 0.4) is 0 Å². The van der Waals surface area contributed by atoms with Gasteiger partial charge in [-0.05, 0) is 54.4 Å². The van der Waals surface area contributed by atoms with Crippen LogP contribution in [-0.2, 0) is 21.4 Å². The van der Waals surface area contributed by atoms with Gasteiger partial charge in [0.1, 0.15) is 11.8 Å². The Balaban J connectivity index is 1.50. The molecule has 1 aliphatic heterocycles. The van der Waals surface area contributed by atoms with Gasteiger partial charge in [0.25, 0.3) is 5.91 Å². The smallest absolute Gasteiger partial charge is 0.322 e. The number of ether oxygens (including phenoxy) is 1. The van der Waals surface area contributed by atoms with Crippen molar-refractivity contribution in [3.05, 3.63) is 65.0 Å². The predicted octanol–water partition coefficient (Wildman–Crippen LogP) is 4.04. The number of anilines is 1. The van der Waals surface area contributed by atoms with E-state index in [1.54, 1.807) is 68.6 Å². The fraction of sp³-hybridized carbons (Fsp3) is 0.217. The third kappa shape index (κ3) is 4.37. The number of rotatable bonds is 7. The summed E-state index contributed by atoms with van der Waals surface area (Å²) < 4.78 is 31.9. The first-order valence-electron chi connectivity index (χ1n) is 10.2. The minimum atomic E-state index is -3.85. The molecule has 1 aliphatic rings. The molecule has 4 rings (SSSR count). The molecule has 33 heavy (non-hydrogen) atoms. The van der Waals surface area contributed by atoms with Gasteiger partial charge >= 0.3 is 5.97 Å². The Labute approximate surface area is 195 Å². The molecular weight excluding hydrogens is 464 g/mol. The molecular formula is C23H22N2O6S2. The van der Waals surface area contributed by atoms with E-state index in [9.17, 15) is 23.1 Å². The quantitative estimate of drug-likeness (QED) is 0.521. The van der Waals surface area contributed by atoms with E-state index in [-0.39, 0.29) is 23.8 Å². The molecule has 10 heteroatoms. The molecule has 0 spiro atoms. The van der Waals surface area contributed by atoms with Crippen molar-refractivity contribution in [1.29, 1.82) is 0 Å². The Morgan fingerprint density at radius 2 is 1.82 bits per heavy atom. The average molecular weight is 487 g/mol. The fourth-order valence-electron chi connectivity index (χ4n) is 3.68. The number of aliphatic carboxylic acids is 1. The van der Waals surface area contributed by atoms with Crippen molar-refractivity contribution < 1.29 is 27.9 Å². The van der Waals surface area contributed by atoms with Gasteiger partial charge in [-0.1, -0.05) is 19.1 Å². The zero-order valence-electron chi connectivity index (χ0n) is 17.9. The molecule has 172 valence electrons. The Kier molecular flexibility index (Phi) is 6.24.